The minimum Gasteiger partial charge on any atom is -0.494 e. The van der Waals surface area contributed by atoms with Crippen molar-refractivity contribution < 1.29 is 5.11 Å². The largest absolute Gasteiger partial charge is 0.494 e. The second-order valence-electron chi connectivity index (χ2n) is 6.61. The number of aromatic nitrogens is 3. The van der Waals surface area contributed by atoms with E-state index in [0.29, 0.717) is 11.4 Å². The number of nitrogens with one attached hydrogen (secondary N) is 2. The number of aromatic amines is 2. The molecule has 26 heavy (non-hydrogen) atoms. The van der Waals surface area contributed by atoms with Crippen molar-refractivity contribution in [1.29, 1.82) is 5.26 Å². The molecule has 0 unspecified atom stereocenters. The molecule has 2 aromatic heterocycles. The van der Waals surface area contributed by atoms with Crippen LogP contribution in [0.1, 0.15) is 60.5 Å². The first-order valence-electron chi connectivity index (χ1n) is 8.65. The van der Waals surface area contributed by atoms with Gasteiger partial charge in [0, 0.05) is 18.0 Å². The highest BCUT2D eigenvalue weighted by Crippen LogP contribution is 2.38. The Morgan fingerprint density at radius 2 is 1.92 bits per heavy atom. The highest BCUT2D eigenvalue weighted by atomic mass is 16.3. The van der Waals surface area contributed by atoms with E-state index in [1.54, 1.807) is 0 Å². The van der Waals surface area contributed by atoms with Crippen LogP contribution in [0.2, 0.25) is 0 Å². The highest BCUT2D eigenvalue weighted by molar-refractivity contribution is 5.84. The third-order valence-corrected chi connectivity index (χ3v) is 5.06. The van der Waals surface area contributed by atoms with E-state index in [9.17, 15) is 20.0 Å². The summed E-state index contributed by atoms with van der Waals surface area (Å²) in [5.41, 5.74) is 0.632. The first-order chi connectivity index (χ1) is 12.4. The molecule has 0 bridgehead atoms. The molecule has 0 amide bonds. The van der Waals surface area contributed by atoms with E-state index in [0.717, 1.165) is 36.9 Å². The smallest absolute Gasteiger partial charge is 0.328 e. The predicted octanol–water partition coefficient (Wildman–Crippen LogP) is 2.31. The predicted molar refractivity (Wildman–Crippen MR) is 97.3 cm³/mol. The summed E-state index contributed by atoms with van der Waals surface area (Å²) >= 11 is 0. The maximum absolute atomic E-state index is 11.9. The molecule has 0 radical (unpaired) electrons. The first kappa shape index (κ1) is 17.7. The van der Waals surface area contributed by atoms with Crippen LogP contribution in [-0.2, 0) is 0 Å². The maximum atomic E-state index is 11.9. The van der Waals surface area contributed by atoms with E-state index >= 15 is 0 Å². The van der Waals surface area contributed by atoms with Crippen molar-refractivity contribution in [2.45, 2.75) is 52.0 Å². The molecule has 1 aliphatic rings. The standard InChI is InChI=1S/C18H21N5O3/c1-10-11(2)23(12-6-4-3-5-7-12)15(13(10)8-19)20-9-14-16(24)21-18(26)22-17(14)25/h9,12H,3-7H2,1-2H3,(H3,21,22,24,25,26). The summed E-state index contributed by atoms with van der Waals surface area (Å²) < 4.78 is 2.07. The van der Waals surface area contributed by atoms with E-state index in [1.165, 1.54) is 12.6 Å². The lowest BCUT2D eigenvalue weighted by Crippen LogP contribution is -2.24. The fourth-order valence-corrected chi connectivity index (χ4v) is 3.58. The lowest BCUT2D eigenvalue weighted by Gasteiger charge is -2.26. The quantitative estimate of drug-likeness (QED) is 0.730. The van der Waals surface area contributed by atoms with E-state index in [1.807, 2.05) is 18.8 Å². The third kappa shape index (κ3) is 3.08. The third-order valence-electron chi connectivity index (χ3n) is 5.06. The van der Waals surface area contributed by atoms with E-state index < -0.39 is 17.1 Å². The Bertz CT molecular complexity index is 1010. The van der Waals surface area contributed by atoms with Gasteiger partial charge in [0.05, 0.1) is 5.56 Å². The molecule has 2 aromatic rings. The van der Waals surface area contributed by atoms with Crippen molar-refractivity contribution in [3.05, 3.63) is 43.2 Å². The molecule has 0 spiro atoms. The van der Waals surface area contributed by atoms with Gasteiger partial charge >= 0.3 is 5.69 Å². The van der Waals surface area contributed by atoms with Crippen LogP contribution >= 0.6 is 0 Å². The van der Waals surface area contributed by atoms with Gasteiger partial charge in [-0.15, -0.1) is 0 Å². The molecule has 0 aromatic carbocycles. The average molecular weight is 355 g/mol. The van der Waals surface area contributed by atoms with Gasteiger partial charge in [-0.25, -0.2) is 9.79 Å². The number of nitriles is 1. The Kier molecular flexibility index (Phi) is 4.80. The van der Waals surface area contributed by atoms with Gasteiger partial charge < -0.3 is 9.67 Å². The summed E-state index contributed by atoms with van der Waals surface area (Å²) in [6.07, 6.45) is 6.71. The number of aliphatic imine (C=N–C) groups is 1. The van der Waals surface area contributed by atoms with Gasteiger partial charge in [0.2, 0.25) is 5.88 Å². The minimum absolute atomic E-state index is 0.153. The fourth-order valence-electron chi connectivity index (χ4n) is 3.58. The lowest BCUT2D eigenvalue weighted by molar-refractivity contribution is 0.352. The first-order valence-corrected chi connectivity index (χ1v) is 8.65. The molecule has 136 valence electrons. The second-order valence-corrected chi connectivity index (χ2v) is 6.61. The molecule has 8 heteroatoms. The number of H-pyrrole nitrogens is 2. The minimum atomic E-state index is -0.792. The maximum Gasteiger partial charge on any atom is 0.328 e. The summed E-state index contributed by atoms with van der Waals surface area (Å²) in [5.74, 6) is -0.0652. The molecular formula is C18H21N5O3. The van der Waals surface area contributed by atoms with Crippen LogP contribution in [0.3, 0.4) is 0 Å². The van der Waals surface area contributed by atoms with Crippen LogP contribution in [0.5, 0.6) is 5.88 Å². The van der Waals surface area contributed by atoms with E-state index in [4.69, 9.17) is 0 Å². The van der Waals surface area contributed by atoms with Crippen molar-refractivity contribution in [2.75, 3.05) is 0 Å². The van der Waals surface area contributed by atoms with Crippen LogP contribution in [0.4, 0.5) is 5.82 Å². The Hall–Kier alpha value is -3.08. The Balaban J connectivity index is 2.13. The Morgan fingerprint density at radius 1 is 1.23 bits per heavy atom. The molecule has 1 aliphatic carbocycles. The van der Waals surface area contributed by atoms with Crippen molar-refractivity contribution in [1.82, 2.24) is 14.5 Å². The van der Waals surface area contributed by atoms with Gasteiger partial charge in [-0.1, -0.05) is 19.3 Å². The topological polar surface area (TPSA) is 127 Å². The normalized spacial score (nSPS) is 15.4. The van der Waals surface area contributed by atoms with Gasteiger partial charge in [0.15, 0.2) is 5.82 Å². The summed E-state index contributed by atoms with van der Waals surface area (Å²) in [4.78, 5) is 31.6. The lowest BCUT2D eigenvalue weighted by atomic mass is 9.95. The molecule has 1 saturated carbocycles. The zero-order chi connectivity index (χ0) is 18.8. The number of hydrogen-bond acceptors (Lipinski definition) is 5. The van der Waals surface area contributed by atoms with Crippen molar-refractivity contribution in [2.24, 2.45) is 4.99 Å². The Morgan fingerprint density at radius 3 is 2.54 bits per heavy atom. The fraction of sp³-hybridized carbons (Fsp3) is 0.444. The van der Waals surface area contributed by atoms with Gasteiger partial charge in [0.1, 0.15) is 11.6 Å². The number of rotatable bonds is 3. The zero-order valence-corrected chi connectivity index (χ0v) is 14.8. The summed E-state index contributed by atoms with van der Waals surface area (Å²) in [6, 6.07) is 2.46. The van der Waals surface area contributed by atoms with Gasteiger partial charge in [-0.2, -0.15) is 5.26 Å². The molecule has 2 heterocycles. The molecule has 3 N–H and O–H groups in total. The van der Waals surface area contributed by atoms with Gasteiger partial charge in [0.25, 0.3) is 5.56 Å². The molecule has 0 aliphatic heterocycles. The monoisotopic (exact) mass is 355 g/mol. The van der Waals surface area contributed by atoms with Crippen molar-refractivity contribution >= 4 is 12.0 Å². The summed E-state index contributed by atoms with van der Waals surface area (Å²) in [7, 11) is 0. The summed E-state index contributed by atoms with van der Waals surface area (Å²) in [6.45, 7) is 3.85. The van der Waals surface area contributed by atoms with E-state index in [2.05, 4.69) is 20.6 Å². The van der Waals surface area contributed by atoms with Crippen LogP contribution < -0.4 is 11.2 Å². The number of aromatic hydroxyl groups is 1. The molecule has 3 rings (SSSR count). The molecule has 0 saturated heterocycles. The number of nitrogens with zero attached hydrogens (tertiary/aromatic N) is 3. The molecule has 0 atom stereocenters. The second kappa shape index (κ2) is 7.04. The van der Waals surface area contributed by atoms with Gasteiger partial charge in [-0.3, -0.25) is 14.8 Å². The van der Waals surface area contributed by atoms with Crippen LogP contribution in [0, 0.1) is 25.2 Å². The van der Waals surface area contributed by atoms with Crippen LogP contribution in [0.15, 0.2) is 14.6 Å². The van der Waals surface area contributed by atoms with E-state index in [-0.39, 0.29) is 11.6 Å². The molecular weight excluding hydrogens is 334 g/mol. The molecule has 1 fully saturated rings. The van der Waals surface area contributed by atoms with Crippen LogP contribution in [-0.4, -0.2) is 25.9 Å². The molecule has 8 nitrogen and oxygen atoms in total. The SMILES string of the molecule is Cc1c(C#N)c(N=Cc2c(O)[nH]c(=O)[nH]c2=O)n(C2CCCCC2)c1C. The van der Waals surface area contributed by atoms with Crippen molar-refractivity contribution in [3.63, 3.8) is 0 Å². The zero-order valence-electron chi connectivity index (χ0n) is 14.8. The van der Waals surface area contributed by atoms with Crippen molar-refractivity contribution in [3.8, 4) is 11.9 Å². The Labute approximate surface area is 149 Å². The summed E-state index contributed by atoms with van der Waals surface area (Å²) in [5, 5.41) is 19.4. The van der Waals surface area contributed by atoms with Gasteiger partial charge in [-0.05, 0) is 32.3 Å². The van der Waals surface area contributed by atoms with Crippen LogP contribution in [0.25, 0.3) is 0 Å². The average Bonchev–Trinajstić information content (AvgIpc) is 2.85. The highest BCUT2D eigenvalue weighted by Gasteiger charge is 2.24. The number of hydrogen-bond donors (Lipinski definition) is 3.